The molecule has 0 saturated carbocycles. The molecule has 0 saturated heterocycles. The van der Waals surface area contributed by atoms with Gasteiger partial charge >= 0.3 is 0 Å². The number of ether oxygens (including phenoxy) is 2. The van der Waals surface area contributed by atoms with E-state index >= 15 is 0 Å². The first kappa shape index (κ1) is 19.9. The Balaban J connectivity index is 1.68. The Kier molecular flexibility index (Phi) is 5.37. The molecule has 2 unspecified atom stereocenters. The van der Waals surface area contributed by atoms with Gasteiger partial charge in [0.1, 0.15) is 29.1 Å². The Morgan fingerprint density at radius 1 is 0.897 bits per heavy atom. The van der Waals surface area contributed by atoms with E-state index in [1.165, 1.54) is 0 Å². The summed E-state index contributed by atoms with van der Waals surface area (Å²) in [6.45, 7) is 9.29. The largest absolute Gasteiger partial charge is 0.508 e. The minimum absolute atomic E-state index is 0.0601. The summed E-state index contributed by atoms with van der Waals surface area (Å²) < 4.78 is 12.5. The molecule has 4 nitrogen and oxygen atoms in total. The number of hydrogen-bond acceptors (Lipinski definition) is 4. The molecule has 0 bridgehead atoms. The maximum atomic E-state index is 10.4. The van der Waals surface area contributed by atoms with Crippen LogP contribution in [-0.2, 0) is 12.8 Å². The third-order valence-corrected chi connectivity index (χ3v) is 6.11. The van der Waals surface area contributed by atoms with Crippen LogP contribution in [0.3, 0.4) is 0 Å². The smallest absolute Gasteiger partial charge is 0.138 e. The number of benzene rings is 2. The molecular weight excluding hydrogens is 364 g/mol. The van der Waals surface area contributed by atoms with Crippen molar-refractivity contribution in [3.63, 3.8) is 0 Å². The molecule has 0 radical (unpaired) electrons. The second kappa shape index (κ2) is 7.81. The average molecular weight is 397 g/mol. The highest BCUT2D eigenvalue weighted by Gasteiger charge is 2.42. The Hall–Kier alpha value is -2.36. The summed E-state index contributed by atoms with van der Waals surface area (Å²) in [5, 5.41) is 20.7. The molecule has 2 N–H and O–H groups in total. The van der Waals surface area contributed by atoms with Crippen LogP contribution in [-0.4, -0.2) is 16.8 Å². The van der Waals surface area contributed by atoms with E-state index in [1.807, 2.05) is 12.1 Å². The van der Waals surface area contributed by atoms with Crippen LogP contribution in [0.15, 0.2) is 24.3 Å². The highest BCUT2D eigenvalue weighted by Crippen LogP contribution is 2.54. The van der Waals surface area contributed by atoms with Crippen molar-refractivity contribution in [1.82, 2.24) is 0 Å². The van der Waals surface area contributed by atoms with E-state index in [2.05, 4.69) is 33.8 Å². The monoisotopic (exact) mass is 396 g/mol. The van der Waals surface area contributed by atoms with E-state index in [0.29, 0.717) is 35.7 Å². The first-order valence-electron chi connectivity index (χ1n) is 10.8. The van der Waals surface area contributed by atoms with Crippen molar-refractivity contribution in [2.75, 3.05) is 6.61 Å². The molecule has 156 valence electrons. The van der Waals surface area contributed by atoms with E-state index < -0.39 is 0 Å². The molecule has 0 fully saturated rings. The summed E-state index contributed by atoms with van der Waals surface area (Å²) in [7, 11) is 0. The van der Waals surface area contributed by atoms with E-state index in [9.17, 15) is 10.2 Å². The summed E-state index contributed by atoms with van der Waals surface area (Å²) in [5.74, 6) is 3.43. The zero-order chi connectivity index (χ0) is 20.7. The van der Waals surface area contributed by atoms with Gasteiger partial charge in [-0.05, 0) is 66.8 Å². The van der Waals surface area contributed by atoms with Gasteiger partial charge in [-0.2, -0.15) is 0 Å². The van der Waals surface area contributed by atoms with Gasteiger partial charge in [-0.25, -0.2) is 0 Å². The zero-order valence-electron chi connectivity index (χ0n) is 17.9. The Bertz CT molecular complexity index is 900. The third kappa shape index (κ3) is 3.90. The van der Waals surface area contributed by atoms with Crippen molar-refractivity contribution in [2.45, 2.75) is 65.4 Å². The number of aromatic hydroxyl groups is 2. The predicted molar refractivity (Wildman–Crippen MR) is 114 cm³/mol. The van der Waals surface area contributed by atoms with E-state index in [0.717, 1.165) is 53.7 Å². The highest BCUT2D eigenvalue weighted by atomic mass is 16.5. The maximum Gasteiger partial charge on any atom is 0.138 e. The lowest BCUT2D eigenvalue weighted by Gasteiger charge is -2.28. The van der Waals surface area contributed by atoms with Crippen LogP contribution >= 0.6 is 0 Å². The molecule has 2 aliphatic rings. The van der Waals surface area contributed by atoms with Crippen LogP contribution in [0.2, 0.25) is 0 Å². The Morgan fingerprint density at radius 3 is 2.28 bits per heavy atom. The van der Waals surface area contributed by atoms with Crippen LogP contribution in [0.25, 0.3) is 0 Å². The standard InChI is InChI=1S/C25H32O4/c1-14(2)5-7-16-10-20-23(12-22(16)27)28-13-21-19-11-18(26)9-17(8-6-15(3)4)24(19)29-25(20)21/h9-12,14-15,21,25-27H,5-8,13H2,1-4H3. The predicted octanol–water partition coefficient (Wildman–Crippen LogP) is 5.88. The lowest BCUT2D eigenvalue weighted by Crippen LogP contribution is -2.23. The molecule has 2 aromatic rings. The van der Waals surface area contributed by atoms with Gasteiger partial charge in [-0.1, -0.05) is 27.7 Å². The van der Waals surface area contributed by atoms with Gasteiger partial charge in [0, 0.05) is 17.2 Å². The van der Waals surface area contributed by atoms with Crippen molar-refractivity contribution in [1.29, 1.82) is 0 Å². The quantitative estimate of drug-likeness (QED) is 0.640. The summed E-state index contributed by atoms with van der Waals surface area (Å²) in [4.78, 5) is 0. The zero-order valence-corrected chi connectivity index (χ0v) is 17.9. The first-order valence-corrected chi connectivity index (χ1v) is 10.8. The maximum absolute atomic E-state index is 10.4. The molecule has 2 heterocycles. The van der Waals surface area contributed by atoms with Crippen molar-refractivity contribution in [2.24, 2.45) is 11.8 Å². The van der Waals surface area contributed by atoms with Crippen molar-refractivity contribution in [3.05, 3.63) is 46.5 Å². The summed E-state index contributed by atoms with van der Waals surface area (Å²) in [6.07, 6.45) is 3.66. The number of fused-ring (bicyclic) bond motifs is 5. The van der Waals surface area contributed by atoms with Crippen LogP contribution in [0.1, 0.15) is 74.8 Å². The highest BCUT2D eigenvalue weighted by molar-refractivity contribution is 5.57. The van der Waals surface area contributed by atoms with Gasteiger partial charge in [-0.15, -0.1) is 0 Å². The summed E-state index contributed by atoms with van der Waals surface area (Å²) >= 11 is 0. The van der Waals surface area contributed by atoms with Gasteiger partial charge in [0.15, 0.2) is 0 Å². The van der Waals surface area contributed by atoms with E-state index in [1.54, 1.807) is 6.07 Å². The Morgan fingerprint density at radius 2 is 1.59 bits per heavy atom. The van der Waals surface area contributed by atoms with Crippen LogP contribution in [0.5, 0.6) is 23.0 Å². The number of rotatable bonds is 6. The number of hydrogen-bond donors (Lipinski definition) is 2. The van der Waals surface area contributed by atoms with Crippen molar-refractivity contribution >= 4 is 0 Å². The summed E-state index contributed by atoms with van der Waals surface area (Å²) in [5.41, 5.74) is 4.06. The van der Waals surface area contributed by atoms with Crippen LogP contribution in [0, 0.1) is 11.8 Å². The minimum atomic E-state index is -0.133. The molecule has 29 heavy (non-hydrogen) atoms. The second-order valence-corrected chi connectivity index (χ2v) is 9.36. The molecule has 2 aromatic carbocycles. The van der Waals surface area contributed by atoms with Crippen molar-refractivity contribution in [3.8, 4) is 23.0 Å². The molecule has 4 rings (SSSR count). The fourth-order valence-corrected chi connectivity index (χ4v) is 4.38. The number of phenols is 2. The van der Waals surface area contributed by atoms with Crippen molar-refractivity contribution < 1.29 is 19.7 Å². The van der Waals surface area contributed by atoms with Crippen LogP contribution in [0.4, 0.5) is 0 Å². The molecule has 0 amide bonds. The van der Waals surface area contributed by atoms with E-state index in [-0.39, 0.29) is 12.0 Å². The van der Waals surface area contributed by atoms with Gasteiger partial charge in [-0.3, -0.25) is 0 Å². The lowest BCUT2D eigenvalue weighted by atomic mass is 9.87. The van der Waals surface area contributed by atoms with Gasteiger partial charge in [0.25, 0.3) is 0 Å². The average Bonchev–Trinajstić information content (AvgIpc) is 3.03. The molecule has 2 aliphatic heterocycles. The molecule has 0 aliphatic carbocycles. The molecular formula is C25H32O4. The van der Waals surface area contributed by atoms with Gasteiger partial charge in [0.05, 0.1) is 12.5 Å². The first-order chi connectivity index (χ1) is 13.8. The van der Waals surface area contributed by atoms with Crippen LogP contribution < -0.4 is 9.47 Å². The molecule has 4 heteroatoms. The fraction of sp³-hybridized carbons (Fsp3) is 0.520. The molecule has 0 aromatic heterocycles. The fourth-order valence-electron chi connectivity index (χ4n) is 4.38. The summed E-state index contributed by atoms with van der Waals surface area (Å²) in [6, 6.07) is 7.46. The number of aryl methyl sites for hydroxylation is 2. The topological polar surface area (TPSA) is 58.9 Å². The minimum Gasteiger partial charge on any atom is -0.508 e. The molecule has 0 spiro atoms. The third-order valence-electron chi connectivity index (χ3n) is 6.11. The van der Waals surface area contributed by atoms with E-state index in [4.69, 9.17) is 9.47 Å². The van der Waals surface area contributed by atoms with Gasteiger partial charge < -0.3 is 19.7 Å². The second-order valence-electron chi connectivity index (χ2n) is 9.36. The molecule has 2 atom stereocenters. The SMILES string of the molecule is CC(C)CCc1cc2c(cc1O)OCC1c3cc(O)cc(CCC(C)C)c3OC21. The van der Waals surface area contributed by atoms with Gasteiger partial charge in [0.2, 0.25) is 0 Å². The normalized spacial score (nSPS) is 19.5. The lowest BCUT2D eigenvalue weighted by molar-refractivity contribution is 0.138. The Labute approximate surface area is 173 Å². The number of phenolic OH excluding ortho intramolecular Hbond substituents is 2.